The van der Waals surface area contributed by atoms with Crippen LogP contribution in [0.2, 0.25) is 0 Å². The molecule has 6 nitrogen and oxygen atoms in total. The minimum absolute atomic E-state index is 0.0808. The number of hydrogen-bond donors (Lipinski definition) is 2. The summed E-state index contributed by atoms with van der Waals surface area (Å²) in [6.07, 6.45) is -10.6. The molecule has 2 N–H and O–H groups in total. The van der Waals surface area contributed by atoms with Gasteiger partial charge in [-0.05, 0) is 68.3 Å². The first-order valence-corrected chi connectivity index (χ1v) is 11.8. The summed E-state index contributed by atoms with van der Waals surface area (Å²) in [5, 5.41) is 6.18. The second-order valence-electron chi connectivity index (χ2n) is 9.42. The van der Waals surface area contributed by atoms with Gasteiger partial charge in [0.15, 0.2) is 0 Å². The van der Waals surface area contributed by atoms with E-state index in [-0.39, 0.29) is 30.1 Å². The van der Waals surface area contributed by atoms with E-state index in [0.717, 1.165) is 0 Å². The first kappa shape index (κ1) is 27.8. The van der Waals surface area contributed by atoms with Crippen LogP contribution in [-0.4, -0.2) is 39.3 Å². The number of benzene rings is 2. The number of aromatic amines is 2. The summed E-state index contributed by atoms with van der Waals surface area (Å²) in [5.74, 6) is -0.460. The number of hydrogen-bond acceptors (Lipinski definition) is 4. The fourth-order valence-electron chi connectivity index (χ4n) is 5.00. The fraction of sp³-hybridized carbons (Fsp3) is 0.440. The molecule has 1 heterocycles. The van der Waals surface area contributed by atoms with Crippen LogP contribution in [0.3, 0.4) is 0 Å². The molecule has 1 aromatic heterocycles. The van der Waals surface area contributed by atoms with E-state index in [1.807, 2.05) is 4.90 Å². The van der Waals surface area contributed by atoms with E-state index < -0.39 is 47.2 Å². The van der Waals surface area contributed by atoms with Crippen LogP contribution in [-0.2, 0) is 23.6 Å². The van der Waals surface area contributed by atoms with Gasteiger partial charge in [-0.2, -0.15) is 31.4 Å². The maximum Gasteiger partial charge on any atom is 0.416 e. The van der Waals surface area contributed by atoms with Crippen molar-refractivity contribution in [3.05, 3.63) is 86.8 Å². The predicted octanol–water partition coefficient (Wildman–Crippen LogP) is 5.80. The number of likely N-dealkylation sites (N-methyl/N-ethyl adjacent to an activating group) is 1. The van der Waals surface area contributed by atoms with E-state index in [1.165, 1.54) is 19.1 Å². The highest BCUT2D eigenvalue weighted by Crippen LogP contribution is 2.43. The minimum Gasteiger partial charge on any atom is -0.370 e. The maximum absolute atomic E-state index is 13.6. The van der Waals surface area contributed by atoms with Crippen molar-refractivity contribution in [1.82, 2.24) is 20.1 Å². The second kappa shape index (κ2) is 10.5. The number of aromatic nitrogens is 3. The molecule has 3 aromatic rings. The first-order chi connectivity index (χ1) is 17.7. The average Bonchev–Trinajstić information content (AvgIpc) is 3.44. The molecular weight excluding hydrogens is 521 g/mol. The molecule has 13 heteroatoms. The Labute approximate surface area is 212 Å². The molecule has 0 saturated heterocycles. The lowest BCUT2D eigenvalue weighted by Crippen LogP contribution is -2.36. The Balaban J connectivity index is 1.63. The van der Waals surface area contributed by atoms with Crippen LogP contribution in [0.15, 0.2) is 47.3 Å². The third kappa shape index (κ3) is 6.26. The number of alkyl halides is 6. The number of nitrogens with one attached hydrogen (secondary N) is 2. The quantitative estimate of drug-likeness (QED) is 0.368. The summed E-state index contributed by atoms with van der Waals surface area (Å²) in [7, 11) is 1.79. The molecule has 0 amide bonds. The molecule has 1 saturated carbocycles. The third-order valence-electron chi connectivity index (χ3n) is 6.79. The molecule has 4 rings (SSSR count). The zero-order valence-corrected chi connectivity index (χ0v) is 20.3. The number of ether oxygens (including phenoxy) is 1. The van der Waals surface area contributed by atoms with Crippen LogP contribution < -0.4 is 5.69 Å². The lowest BCUT2D eigenvalue weighted by atomic mass is 9.91. The highest BCUT2D eigenvalue weighted by atomic mass is 19.4. The van der Waals surface area contributed by atoms with Crippen molar-refractivity contribution in [2.24, 2.45) is 0 Å². The van der Waals surface area contributed by atoms with Crippen molar-refractivity contribution < 1.29 is 35.5 Å². The Morgan fingerprint density at radius 1 is 1.03 bits per heavy atom. The van der Waals surface area contributed by atoms with E-state index in [9.17, 15) is 35.5 Å². The summed E-state index contributed by atoms with van der Waals surface area (Å²) < 4.78 is 100.0. The van der Waals surface area contributed by atoms with E-state index in [2.05, 4.69) is 15.2 Å². The van der Waals surface area contributed by atoms with Gasteiger partial charge in [-0.1, -0.05) is 12.1 Å². The van der Waals surface area contributed by atoms with Crippen LogP contribution in [0.1, 0.15) is 59.9 Å². The van der Waals surface area contributed by atoms with Gasteiger partial charge in [-0.15, -0.1) is 0 Å². The number of rotatable bonds is 7. The summed E-state index contributed by atoms with van der Waals surface area (Å²) in [6.45, 7) is 1.66. The summed E-state index contributed by atoms with van der Waals surface area (Å²) in [6, 6.07) is 6.92. The van der Waals surface area contributed by atoms with E-state index >= 15 is 0 Å². The topological polar surface area (TPSA) is 74.0 Å². The van der Waals surface area contributed by atoms with Crippen molar-refractivity contribution in [1.29, 1.82) is 0 Å². The molecule has 2 aromatic carbocycles. The molecule has 0 radical (unpaired) electrons. The molecule has 1 aliphatic carbocycles. The smallest absolute Gasteiger partial charge is 0.370 e. The van der Waals surface area contributed by atoms with Crippen molar-refractivity contribution in [2.45, 2.75) is 62.8 Å². The van der Waals surface area contributed by atoms with Gasteiger partial charge in [0.2, 0.25) is 0 Å². The molecule has 4 unspecified atom stereocenters. The van der Waals surface area contributed by atoms with Crippen LogP contribution in [0, 0.1) is 5.82 Å². The summed E-state index contributed by atoms with van der Waals surface area (Å²) in [4.78, 5) is 15.9. The molecule has 0 bridgehead atoms. The van der Waals surface area contributed by atoms with Gasteiger partial charge in [-0.25, -0.2) is 14.3 Å². The van der Waals surface area contributed by atoms with E-state index in [0.29, 0.717) is 36.4 Å². The summed E-state index contributed by atoms with van der Waals surface area (Å²) >= 11 is 0. The van der Waals surface area contributed by atoms with Crippen molar-refractivity contribution in [3.8, 4) is 0 Å². The Morgan fingerprint density at radius 3 is 2.16 bits per heavy atom. The van der Waals surface area contributed by atoms with Crippen LogP contribution in [0.25, 0.3) is 0 Å². The third-order valence-corrected chi connectivity index (χ3v) is 6.79. The highest BCUT2D eigenvalue weighted by molar-refractivity contribution is 5.35. The Bertz CT molecular complexity index is 1270. The molecule has 206 valence electrons. The van der Waals surface area contributed by atoms with Gasteiger partial charge in [0, 0.05) is 12.0 Å². The lowest BCUT2D eigenvalue weighted by molar-refractivity contribution is -0.143. The number of nitrogens with zero attached hydrogens (tertiary/aromatic N) is 2. The Hall–Kier alpha value is -3.19. The van der Waals surface area contributed by atoms with E-state index in [1.54, 1.807) is 19.2 Å². The molecule has 1 fully saturated rings. The maximum atomic E-state index is 13.6. The molecule has 1 aliphatic rings. The van der Waals surface area contributed by atoms with Crippen LogP contribution in [0.4, 0.5) is 30.7 Å². The molecule has 38 heavy (non-hydrogen) atoms. The Kier molecular flexibility index (Phi) is 7.71. The number of H-pyrrole nitrogens is 2. The van der Waals surface area contributed by atoms with Gasteiger partial charge >= 0.3 is 18.0 Å². The van der Waals surface area contributed by atoms with Crippen LogP contribution in [0.5, 0.6) is 0 Å². The molecule has 0 aliphatic heterocycles. The van der Waals surface area contributed by atoms with Gasteiger partial charge < -0.3 is 4.74 Å². The van der Waals surface area contributed by atoms with Gasteiger partial charge in [0.1, 0.15) is 11.6 Å². The number of halogens is 7. The van der Waals surface area contributed by atoms with Crippen molar-refractivity contribution in [2.75, 3.05) is 7.05 Å². The standard InChI is InChI=1S/C25H25F7N4O2/c1-13(15-9-16(24(27,28)29)11-17(10-15)25(30,31)32)38-20-8-7-19(22(20)14-3-5-18(26)6-4-14)36(2)12-21-33-23(37)35-34-21/h3-6,9-11,13,19-20,22H,7-8,12H2,1-2H3,(H2,33,34,35,37). The van der Waals surface area contributed by atoms with Crippen LogP contribution >= 0.6 is 0 Å². The van der Waals surface area contributed by atoms with Gasteiger partial charge in [-0.3, -0.25) is 9.88 Å². The van der Waals surface area contributed by atoms with Gasteiger partial charge in [0.05, 0.1) is 29.9 Å². The monoisotopic (exact) mass is 546 g/mol. The highest BCUT2D eigenvalue weighted by Gasteiger charge is 2.42. The zero-order valence-electron chi connectivity index (χ0n) is 20.3. The fourth-order valence-corrected chi connectivity index (χ4v) is 5.00. The summed E-state index contributed by atoms with van der Waals surface area (Å²) in [5.41, 5.74) is -2.84. The van der Waals surface area contributed by atoms with E-state index in [4.69, 9.17) is 4.74 Å². The van der Waals surface area contributed by atoms with Crippen molar-refractivity contribution >= 4 is 0 Å². The average molecular weight is 546 g/mol. The van der Waals surface area contributed by atoms with Crippen molar-refractivity contribution in [3.63, 3.8) is 0 Å². The molecule has 0 spiro atoms. The lowest BCUT2D eigenvalue weighted by Gasteiger charge is -2.33. The second-order valence-corrected chi connectivity index (χ2v) is 9.42. The normalized spacial score (nSPS) is 21.3. The SMILES string of the molecule is CC(OC1CCC(N(C)Cc2n[nH]c(=O)[nH]2)C1c1ccc(F)cc1)c1cc(C(F)(F)F)cc(C(F)(F)F)c1. The predicted molar refractivity (Wildman–Crippen MR) is 123 cm³/mol. The minimum atomic E-state index is -4.97. The van der Waals surface area contributed by atoms with Gasteiger partial charge in [0.25, 0.3) is 0 Å². The zero-order chi connectivity index (χ0) is 27.8. The molecular formula is C25H25F7N4O2. The Morgan fingerprint density at radius 2 is 1.63 bits per heavy atom. The molecule has 4 atom stereocenters. The first-order valence-electron chi connectivity index (χ1n) is 11.8. The largest absolute Gasteiger partial charge is 0.416 e.